The second kappa shape index (κ2) is 14.6. The Morgan fingerprint density at radius 2 is 1.36 bits per heavy atom. The lowest BCUT2D eigenvalue weighted by Crippen LogP contribution is -2.48. The van der Waals surface area contributed by atoms with E-state index in [1.165, 1.54) is 0 Å². The fourth-order valence-electron chi connectivity index (χ4n) is 6.05. The first-order chi connectivity index (χ1) is 22.0. The molecule has 3 heterocycles. The Hall–Kier alpha value is -4.28. The van der Waals surface area contributed by atoms with Gasteiger partial charge in [0.2, 0.25) is 5.91 Å². The van der Waals surface area contributed by atoms with Crippen LogP contribution in [0.3, 0.4) is 0 Å². The molecule has 4 unspecified atom stereocenters. The number of para-hydroxylation sites is 4. The van der Waals surface area contributed by atoms with Crippen molar-refractivity contribution in [2.45, 2.75) is 85.4 Å². The summed E-state index contributed by atoms with van der Waals surface area (Å²) in [5, 5.41) is 2.87. The quantitative estimate of drug-likeness (QED) is 0.259. The smallest absolute Gasteiger partial charge is 0.410 e. The lowest BCUT2D eigenvalue weighted by molar-refractivity contribution is -0.122. The molecule has 256 valence electrons. The largest absolute Gasteiger partial charge is 0.444 e. The molecule has 0 radical (unpaired) electrons. The van der Waals surface area contributed by atoms with Gasteiger partial charge in [-0.25, -0.2) is 14.6 Å². The van der Waals surface area contributed by atoms with Crippen molar-refractivity contribution in [1.82, 2.24) is 19.8 Å². The number of nitrogen functional groups attached to an aromatic ring is 1. The number of aromatic amines is 1. The third-order valence-electron chi connectivity index (χ3n) is 8.01. The minimum atomic E-state index is -0.548. The van der Waals surface area contributed by atoms with Crippen LogP contribution in [0.15, 0.2) is 48.5 Å². The highest BCUT2D eigenvalue weighted by Gasteiger charge is 2.35. The molecule has 2 saturated heterocycles. The van der Waals surface area contributed by atoms with E-state index in [1.54, 1.807) is 17.0 Å². The minimum Gasteiger partial charge on any atom is -0.444 e. The third kappa shape index (κ3) is 10.4. The number of hydrogen-bond acceptors (Lipinski definition) is 7. The molecule has 0 aliphatic carbocycles. The molecular weight excluding hydrogens is 596 g/mol. The van der Waals surface area contributed by atoms with Gasteiger partial charge in [-0.2, -0.15) is 0 Å². The number of nitrogens with one attached hydrogen (secondary N) is 2. The maximum atomic E-state index is 12.6. The molecule has 11 heteroatoms. The predicted molar refractivity (Wildman–Crippen MR) is 185 cm³/mol. The lowest BCUT2D eigenvalue weighted by atomic mass is 9.90. The number of nitrogens with zero attached hydrogens (tertiary/aromatic N) is 3. The molecular formula is C36H52N6O5. The van der Waals surface area contributed by atoms with E-state index in [4.69, 9.17) is 20.2 Å². The van der Waals surface area contributed by atoms with Gasteiger partial charge in [0.25, 0.3) is 0 Å². The van der Waals surface area contributed by atoms with Crippen molar-refractivity contribution in [3.05, 3.63) is 54.4 Å². The van der Waals surface area contributed by atoms with Gasteiger partial charge < -0.3 is 35.3 Å². The predicted octanol–water partition coefficient (Wildman–Crippen LogP) is 7.02. The minimum absolute atomic E-state index is 0.118. The summed E-state index contributed by atoms with van der Waals surface area (Å²) in [4.78, 5) is 48.8. The van der Waals surface area contributed by atoms with Crippen LogP contribution in [0.2, 0.25) is 0 Å². The molecule has 0 spiro atoms. The van der Waals surface area contributed by atoms with Crippen LogP contribution in [0.4, 0.5) is 21.0 Å². The highest BCUT2D eigenvalue weighted by Crippen LogP contribution is 2.31. The van der Waals surface area contributed by atoms with Crippen LogP contribution >= 0.6 is 0 Å². The third-order valence-corrected chi connectivity index (χ3v) is 8.01. The van der Waals surface area contributed by atoms with E-state index >= 15 is 0 Å². The summed E-state index contributed by atoms with van der Waals surface area (Å²) in [6.45, 7) is 17.8. The van der Waals surface area contributed by atoms with Crippen molar-refractivity contribution in [2.24, 2.45) is 17.8 Å². The molecule has 2 aromatic carbocycles. The summed E-state index contributed by atoms with van der Waals surface area (Å²) in [5.41, 5.74) is 8.01. The molecule has 4 N–H and O–H groups in total. The van der Waals surface area contributed by atoms with Crippen LogP contribution in [-0.2, 0) is 14.3 Å². The Morgan fingerprint density at radius 3 is 1.96 bits per heavy atom. The summed E-state index contributed by atoms with van der Waals surface area (Å²) in [7, 11) is 0. The van der Waals surface area contributed by atoms with Crippen molar-refractivity contribution in [1.29, 1.82) is 0 Å². The second-order valence-electron chi connectivity index (χ2n) is 15.1. The van der Waals surface area contributed by atoms with E-state index in [0.29, 0.717) is 36.9 Å². The first-order valence-electron chi connectivity index (χ1n) is 16.5. The molecule has 2 fully saturated rings. The topological polar surface area (TPSA) is 143 Å². The van der Waals surface area contributed by atoms with Crippen LogP contribution < -0.4 is 11.1 Å². The van der Waals surface area contributed by atoms with Gasteiger partial charge in [-0.1, -0.05) is 38.1 Å². The Labute approximate surface area is 278 Å². The number of rotatable bonds is 3. The lowest BCUT2D eigenvalue weighted by Gasteiger charge is -2.36. The molecule has 47 heavy (non-hydrogen) atoms. The molecule has 5 rings (SSSR count). The van der Waals surface area contributed by atoms with E-state index < -0.39 is 11.2 Å². The fourth-order valence-corrected chi connectivity index (χ4v) is 6.05. The molecule has 1 aromatic heterocycles. The molecule has 2 aliphatic rings. The number of likely N-dealkylation sites (tertiary alicyclic amines) is 2. The van der Waals surface area contributed by atoms with E-state index in [1.807, 2.05) is 89.8 Å². The number of hydrogen-bond donors (Lipinski definition) is 3. The summed E-state index contributed by atoms with van der Waals surface area (Å²) in [6, 6.07) is 15.2. The maximum Gasteiger partial charge on any atom is 0.410 e. The number of benzene rings is 2. The number of amides is 3. The van der Waals surface area contributed by atoms with Gasteiger partial charge >= 0.3 is 12.2 Å². The zero-order chi connectivity index (χ0) is 34.5. The molecule has 0 saturated carbocycles. The number of imidazole rings is 1. The molecule has 2 aliphatic heterocycles. The highest BCUT2D eigenvalue weighted by atomic mass is 16.6. The molecule has 4 atom stereocenters. The Morgan fingerprint density at radius 1 is 0.809 bits per heavy atom. The summed E-state index contributed by atoms with van der Waals surface area (Å²) >= 11 is 0. The average Bonchev–Trinajstić information content (AvgIpc) is 3.41. The zero-order valence-electron chi connectivity index (χ0n) is 29.1. The first-order valence-corrected chi connectivity index (χ1v) is 16.5. The van der Waals surface area contributed by atoms with Crippen LogP contribution in [-0.4, -0.2) is 75.2 Å². The number of nitrogens with two attached hydrogens (primary N) is 1. The normalized spacial score (nSPS) is 21.8. The van der Waals surface area contributed by atoms with E-state index in [9.17, 15) is 14.4 Å². The maximum absolute atomic E-state index is 12.6. The average molecular weight is 649 g/mol. The van der Waals surface area contributed by atoms with E-state index in [-0.39, 0.29) is 35.8 Å². The van der Waals surface area contributed by atoms with E-state index in [2.05, 4.69) is 17.2 Å². The zero-order valence-corrected chi connectivity index (χ0v) is 29.1. The summed E-state index contributed by atoms with van der Waals surface area (Å²) < 4.78 is 11.0. The second-order valence-corrected chi connectivity index (χ2v) is 15.1. The molecule has 3 aromatic rings. The van der Waals surface area contributed by atoms with Crippen molar-refractivity contribution in [3.8, 4) is 0 Å². The van der Waals surface area contributed by atoms with Crippen LogP contribution in [0.5, 0.6) is 0 Å². The standard InChI is InChI=1S/C18H27N3O3.C18H25N3O2/c1-12-9-13(11-21(10-12)17(23)24-18(2,3)4)16(22)20-15-8-6-5-7-14(15)19;1-12-9-13(11-21(10-12)17(22)23-18(2,3)4)16-19-14-7-5-6-8-15(14)20-16/h5-8,12-13H,9-11,19H2,1-4H3,(H,20,22);5-8,12-13H,9-11H2,1-4H3,(H,19,20). The van der Waals surface area contributed by atoms with Gasteiger partial charge in [-0.15, -0.1) is 0 Å². The molecule has 0 bridgehead atoms. The Balaban J connectivity index is 0.000000213. The van der Waals surface area contributed by atoms with Gasteiger partial charge in [-0.3, -0.25) is 4.79 Å². The summed E-state index contributed by atoms with van der Waals surface area (Å²) in [5.74, 6) is 1.45. The van der Waals surface area contributed by atoms with Crippen molar-refractivity contribution in [2.75, 3.05) is 37.2 Å². The van der Waals surface area contributed by atoms with Crippen molar-refractivity contribution in [3.63, 3.8) is 0 Å². The van der Waals surface area contributed by atoms with Gasteiger partial charge in [0.1, 0.15) is 17.0 Å². The monoisotopic (exact) mass is 648 g/mol. The van der Waals surface area contributed by atoms with Gasteiger partial charge in [0, 0.05) is 32.1 Å². The van der Waals surface area contributed by atoms with E-state index in [0.717, 1.165) is 36.2 Å². The van der Waals surface area contributed by atoms with Crippen LogP contribution in [0.1, 0.15) is 80.0 Å². The number of carbonyl (C=O) groups excluding carboxylic acids is 3. The number of aromatic nitrogens is 2. The Bertz CT molecular complexity index is 1510. The number of carbonyl (C=O) groups is 3. The van der Waals surface area contributed by atoms with Crippen molar-refractivity contribution < 1.29 is 23.9 Å². The molecule has 3 amide bonds. The number of H-pyrrole nitrogens is 1. The Kier molecular flexibility index (Phi) is 11.1. The van der Waals surface area contributed by atoms with Gasteiger partial charge in [0.05, 0.1) is 28.3 Å². The SMILES string of the molecule is CC1CC(C(=O)Nc2ccccc2N)CN(C(=O)OC(C)(C)C)C1.CC1CC(c2nc3ccccc3[nH]2)CN(C(=O)OC(C)(C)C)C1. The first kappa shape index (κ1) is 35.6. The van der Waals surface area contributed by atoms with Gasteiger partial charge in [0.15, 0.2) is 0 Å². The van der Waals surface area contributed by atoms with Crippen LogP contribution in [0.25, 0.3) is 11.0 Å². The number of piperidine rings is 2. The number of anilines is 2. The highest BCUT2D eigenvalue weighted by molar-refractivity contribution is 5.95. The number of ether oxygens (including phenoxy) is 2. The fraction of sp³-hybridized carbons (Fsp3) is 0.556. The van der Waals surface area contributed by atoms with Crippen molar-refractivity contribution >= 4 is 40.5 Å². The van der Waals surface area contributed by atoms with Crippen LogP contribution in [0, 0.1) is 17.8 Å². The van der Waals surface area contributed by atoms with Gasteiger partial charge in [-0.05, 0) is 90.5 Å². The summed E-state index contributed by atoms with van der Waals surface area (Å²) in [6.07, 6.45) is 1.16. The number of fused-ring (bicyclic) bond motifs is 1. The molecule has 11 nitrogen and oxygen atoms in total.